The minimum Gasteiger partial charge on any atom is -0.456 e. The first kappa shape index (κ1) is 15.4. The van der Waals surface area contributed by atoms with Gasteiger partial charge in [-0.05, 0) is 58.7 Å². The van der Waals surface area contributed by atoms with E-state index < -0.39 is 0 Å². The van der Waals surface area contributed by atoms with Gasteiger partial charge in [-0.15, -0.1) is 0 Å². The van der Waals surface area contributed by atoms with Gasteiger partial charge in [0.2, 0.25) is 0 Å². The van der Waals surface area contributed by atoms with E-state index in [0.717, 1.165) is 32.0 Å². The van der Waals surface area contributed by atoms with Crippen LogP contribution in [0.3, 0.4) is 0 Å². The average Bonchev–Trinajstić information content (AvgIpc) is 3.06. The van der Waals surface area contributed by atoms with Crippen molar-refractivity contribution in [1.29, 1.82) is 0 Å². The van der Waals surface area contributed by atoms with Gasteiger partial charge in [0.25, 0.3) is 0 Å². The summed E-state index contributed by atoms with van der Waals surface area (Å²) in [4.78, 5) is 0. The number of halogens is 1. The Kier molecular flexibility index (Phi) is 3.65. The molecular formula is C24H15BrO. The predicted octanol–water partition coefficient (Wildman–Crippen LogP) is 7.68. The quantitative estimate of drug-likeness (QED) is 0.297. The summed E-state index contributed by atoms with van der Waals surface area (Å²) in [6.07, 6.45) is 0. The van der Waals surface area contributed by atoms with E-state index in [-0.39, 0.29) is 0 Å². The zero-order valence-corrected chi connectivity index (χ0v) is 15.5. The lowest BCUT2D eigenvalue weighted by Gasteiger charge is -2.08. The van der Waals surface area contributed by atoms with Gasteiger partial charge in [0.1, 0.15) is 11.2 Å². The van der Waals surface area contributed by atoms with Crippen molar-refractivity contribution >= 4 is 37.9 Å². The van der Waals surface area contributed by atoms with Crippen molar-refractivity contribution in [3.05, 3.63) is 95.5 Å². The van der Waals surface area contributed by atoms with Gasteiger partial charge in [-0.3, -0.25) is 0 Å². The summed E-state index contributed by atoms with van der Waals surface area (Å²) < 4.78 is 7.12. The highest BCUT2D eigenvalue weighted by Gasteiger charge is 2.09. The van der Waals surface area contributed by atoms with E-state index in [0.29, 0.717) is 0 Å². The van der Waals surface area contributed by atoms with Crippen LogP contribution in [-0.2, 0) is 0 Å². The fourth-order valence-corrected chi connectivity index (χ4v) is 3.95. The predicted molar refractivity (Wildman–Crippen MR) is 112 cm³/mol. The molecule has 0 aliphatic heterocycles. The van der Waals surface area contributed by atoms with E-state index in [1.807, 2.05) is 24.3 Å². The molecule has 0 saturated heterocycles. The topological polar surface area (TPSA) is 13.1 Å². The summed E-state index contributed by atoms with van der Waals surface area (Å²) in [5, 5.41) is 2.32. The molecule has 0 aliphatic rings. The number of benzene rings is 4. The highest BCUT2D eigenvalue weighted by atomic mass is 79.9. The van der Waals surface area contributed by atoms with E-state index in [1.54, 1.807) is 0 Å². The molecule has 1 heterocycles. The Hall–Kier alpha value is -2.84. The molecule has 1 aromatic heterocycles. The Morgan fingerprint density at radius 2 is 1.19 bits per heavy atom. The molecule has 0 N–H and O–H groups in total. The molecule has 4 aromatic carbocycles. The Morgan fingerprint density at radius 3 is 2.04 bits per heavy atom. The molecule has 0 saturated carbocycles. The summed E-state index contributed by atoms with van der Waals surface area (Å²) in [5.74, 6) is 0. The van der Waals surface area contributed by atoms with Crippen molar-refractivity contribution in [2.45, 2.75) is 0 Å². The van der Waals surface area contributed by atoms with Gasteiger partial charge in [0, 0.05) is 15.2 Å². The average molecular weight is 399 g/mol. The van der Waals surface area contributed by atoms with Crippen LogP contribution in [0, 0.1) is 0 Å². The second-order valence-electron chi connectivity index (χ2n) is 6.40. The number of hydrogen-bond acceptors (Lipinski definition) is 1. The molecule has 0 bridgehead atoms. The third-order valence-electron chi connectivity index (χ3n) is 4.72. The Morgan fingerprint density at radius 1 is 0.500 bits per heavy atom. The van der Waals surface area contributed by atoms with Crippen molar-refractivity contribution in [2.24, 2.45) is 0 Å². The first-order valence-electron chi connectivity index (χ1n) is 8.56. The van der Waals surface area contributed by atoms with Gasteiger partial charge in [0.05, 0.1) is 0 Å². The smallest absolute Gasteiger partial charge is 0.136 e. The Bertz CT molecular complexity index is 1240. The van der Waals surface area contributed by atoms with Crippen molar-refractivity contribution in [2.75, 3.05) is 0 Å². The third kappa shape index (κ3) is 2.63. The normalized spacial score (nSPS) is 11.3. The van der Waals surface area contributed by atoms with Crippen LogP contribution in [0.2, 0.25) is 0 Å². The molecule has 0 radical (unpaired) electrons. The summed E-state index contributed by atoms with van der Waals surface area (Å²) >= 11 is 3.66. The Labute approximate surface area is 160 Å². The maximum Gasteiger partial charge on any atom is 0.136 e. The highest BCUT2D eigenvalue weighted by Crippen LogP contribution is 2.34. The monoisotopic (exact) mass is 398 g/mol. The first-order chi connectivity index (χ1) is 12.8. The van der Waals surface area contributed by atoms with Gasteiger partial charge in [-0.25, -0.2) is 0 Å². The maximum atomic E-state index is 6.05. The molecular weight excluding hydrogens is 384 g/mol. The van der Waals surface area contributed by atoms with Crippen LogP contribution < -0.4 is 0 Å². The lowest BCUT2D eigenvalue weighted by atomic mass is 9.98. The molecule has 0 aliphatic carbocycles. The summed E-state index contributed by atoms with van der Waals surface area (Å²) in [6.45, 7) is 0. The zero-order valence-electron chi connectivity index (χ0n) is 13.9. The minimum absolute atomic E-state index is 0.921. The number of hydrogen-bond donors (Lipinski definition) is 0. The minimum atomic E-state index is 0.921. The van der Waals surface area contributed by atoms with E-state index in [9.17, 15) is 0 Å². The molecule has 5 aromatic rings. The zero-order chi connectivity index (χ0) is 17.5. The van der Waals surface area contributed by atoms with E-state index in [4.69, 9.17) is 4.42 Å². The van der Waals surface area contributed by atoms with Gasteiger partial charge in [0.15, 0.2) is 0 Å². The molecule has 1 nitrogen and oxygen atoms in total. The van der Waals surface area contributed by atoms with Crippen LogP contribution in [0.4, 0.5) is 0 Å². The van der Waals surface area contributed by atoms with E-state index in [2.05, 4.69) is 82.7 Å². The van der Waals surface area contributed by atoms with Crippen molar-refractivity contribution in [3.8, 4) is 22.3 Å². The standard InChI is InChI=1S/C24H15BrO/c25-20-13-18(16-6-2-1-3-7-16)12-19(14-20)17-10-11-22-21-8-4-5-9-23(21)26-24(22)15-17/h1-15H. The lowest BCUT2D eigenvalue weighted by molar-refractivity contribution is 0.669. The maximum absolute atomic E-state index is 6.05. The first-order valence-corrected chi connectivity index (χ1v) is 9.35. The number of rotatable bonds is 2. The van der Waals surface area contributed by atoms with Crippen molar-refractivity contribution < 1.29 is 4.42 Å². The SMILES string of the molecule is Brc1cc(-c2ccccc2)cc(-c2ccc3c(c2)oc2ccccc23)c1. The van der Waals surface area contributed by atoms with Gasteiger partial charge in [-0.2, -0.15) is 0 Å². The number of furan rings is 1. The van der Waals surface area contributed by atoms with E-state index >= 15 is 0 Å². The van der Waals surface area contributed by atoms with Crippen LogP contribution >= 0.6 is 15.9 Å². The van der Waals surface area contributed by atoms with Crippen LogP contribution in [0.1, 0.15) is 0 Å². The van der Waals surface area contributed by atoms with Gasteiger partial charge >= 0.3 is 0 Å². The molecule has 26 heavy (non-hydrogen) atoms. The van der Waals surface area contributed by atoms with Crippen LogP contribution in [0.25, 0.3) is 44.2 Å². The fourth-order valence-electron chi connectivity index (χ4n) is 3.46. The summed E-state index contributed by atoms with van der Waals surface area (Å²) in [5.41, 5.74) is 6.57. The number of para-hydroxylation sites is 1. The molecule has 0 amide bonds. The second kappa shape index (κ2) is 6.15. The molecule has 124 valence electrons. The van der Waals surface area contributed by atoms with Gasteiger partial charge < -0.3 is 4.42 Å². The fraction of sp³-hybridized carbons (Fsp3) is 0. The van der Waals surface area contributed by atoms with Crippen molar-refractivity contribution in [1.82, 2.24) is 0 Å². The van der Waals surface area contributed by atoms with Crippen LogP contribution in [0.15, 0.2) is 99.9 Å². The third-order valence-corrected chi connectivity index (χ3v) is 5.17. The molecule has 2 heteroatoms. The largest absolute Gasteiger partial charge is 0.456 e. The van der Waals surface area contributed by atoms with Gasteiger partial charge in [-0.1, -0.05) is 70.5 Å². The van der Waals surface area contributed by atoms with Crippen LogP contribution in [0.5, 0.6) is 0 Å². The van der Waals surface area contributed by atoms with E-state index in [1.165, 1.54) is 16.7 Å². The number of fused-ring (bicyclic) bond motifs is 3. The Balaban J connectivity index is 1.67. The molecule has 0 unspecified atom stereocenters. The summed E-state index contributed by atoms with van der Waals surface area (Å²) in [7, 11) is 0. The van der Waals surface area contributed by atoms with Crippen LogP contribution in [-0.4, -0.2) is 0 Å². The summed E-state index contributed by atoms with van der Waals surface area (Å²) in [6, 6.07) is 31.6. The second-order valence-corrected chi connectivity index (χ2v) is 7.32. The van der Waals surface area contributed by atoms with Crippen molar-refractivity contribution in [3.63, 3.8) is 0 Å². The molecule has 0 fully saturated rings. The molecule has 0 spiro atoms. The molecule has 0 atom stereocenters. The highest BCUT2D eigenvalue weighted by molar-refractivity contribution is 9.10. The molecule has 5 rings (SSSR count). The lowest BCUT2D eigenvalue weighted by Crippen LogP contribution is -1.83.